The first-order valence-electron chi connectivity index (χ1n) is 7.24. The van der Waals surface area contributed by atoms with E-state index in [1.165, 1.54) is 0 Å². The summed E-state index contributed by atoms with van der Waals surface area (Å²) in [7, 11) is 0. The topological polar surface area (TPSA) is 90.9 Å². The molecule has 1 atom stereocenters. The molecule has 114 valence electrons. The molecule has 0 spiro atoms. The van der Waals surface area contributed by atoms with Gasteiger partial charge in [0.05, 0.1) is 13.2 Å². The number of carboxylic acids is 1. The van der Waals surface area contributed by atoms with E-state index >= 15 is 0 Å². The zero-order valence-corrected chi connectivity index (χ0v) is 11.6. The van der Waals surface area contributed by atoms with Gasteiger partial charge in [-0.3, -0.25) is 4.90 Å². The van der Waals surface area contributed by atoms with Crippen LogP contribution in [0.1, 0.15) is 19.3 Å². The van der Waals surface area contributed by atoms with Gasteiger partial charge in [0.2, 0.25) is 0 Å². The van der Waals surface area contributed by atoms with Crippen molar-refractivity contribution in [3.05, 3.63) is 0 Å². The van der Waals surface area contributed by atoms with Gasteiger partial charge in [0.1, 0.15) is 6.04 Å². The van der Waals surface area contributed by atoms with Gasteiger partial charge in [-0.15, -0.1) is 0 Å². The second-order valence-corrected chi connectivity index (χ2v) is 5.36. The monoisotopic (exact) mass is 285 g/mol. The molecule has 2 fully saturated rings. The minimum atomic E-state index is -0.948. The number of amides is 2. The van der Waals surface area contributed by atoms with E-state index in [1.54, 1.807) is 0 Å². The Balaban J connectivity index is 1.56. The Morgan fingerprint density at radius 2 is 2.00 bits per heavy atom. The molecule has 1 unspecified atom stereocenters. The molecule has 7 nitrogen and oxygen atoms in total. The van der Waals surface area contributed by atoms with Crippen molar-refractivity contribution in [2.45, 2.75) is 25.3 Å². The van der Waals surface area contributed by atoms with Crippen LogP contribution >= 0.6 is 0 Å². The second kappa shape index (κ2) is 7.44. The lowest BCUT2D eigenvalue weighted by molar-refractivity contribution is -0.139. The second-order valence-electron chi connectivity index (χ2n) is 5.36. The first-order valence-corrected chi connectivity index (χ1v) is 7.24. The molecule has 0 bridgehead atoms. The first kappa shape index (κ1) is 15.1. The lowest BCUT2D eigenvalue weighted by Crippen LogP contribution is -2.47. The number of carbonyl (C=O) groups is 2. The van der Waals surface area contributed by atoms with Crippen molar-refractivity contribution in [2.75, 3.05) is 39.4 Å². The van der Waals surface area contributed by atoms with Gasteiger partial charge >= 0.3 is 12.0 Å². The SMILES string of the molecule is O=C(NCCCN1CCOCC1)NC(C(=O)O)C1CC1. The minimum Gasteiger partial charge on any atom is -0.480 e. The van der Waals surface area contributed by atoms with E-state index in [2.05, 4.69) is 15.5 Å². The van der Waals surface area contributed by atoms with Crippen molar-refractivity contribution in [2.24, 2.45) is 5.92 Å². The van der Waals surface area contributed by atoms with Crippen LogP contribution in [0.3, 0.4) is 0 Å². The summed E-state index contributed by atoms with van der Waals surface area (Å²) in [4.78, 5) is 24.9. The van der Waals surface area contributed by atoms with E-state index in [-0.39, 0.29) is 11.9 Å². The number of aliphatic carboxylic acids is 1. The molecule has 1 saturated carbocycles. The number of hydrogen-bond acceptors (Lipinski definition) is 4. The summed E-state index contributed by atoms with van der Waals surface area (Å²) in [6, 6.07) is -1.12. The highest BCUT2D eigenvalue weighted by Crippen LogP contribution is 2.32. The van der Waals surface area contributed by atoms with Crippen molar-refractivity contribution in [1.82, 2.24) is 15.5 Å². The van der Waals surface area contributed by atoms with Gasteiger partial charge in [-0.2, -0.15) is 0 Å². The minimum absolute atomic E-state index is 0.103. The number of nitrogens with one attached hydrogen (secondary N) is 2. The van der Waals surface area contributed by atoms with Crippen LogP contribution < -0.4 is 10.6 Å². The van der Waals surface area contributed by atoms with Crippen LogP contribution in [0, 0.1) is 5.92 Å². The number of ether oxygens (including phenoxy) is 1. The zero-order valence-electron chi connectivity index (χ0n) is 11.6. The standard InChI is InChI=1S/C13H23N3O4/c17-12(18)11(10-2-3-10)15-13(19)14-4-1-5-16-6-8-20-9-7-16/h10-11H,1-9H2,(H,17,18)(H2,14,15,19). The van der Waals surface area contributed by atoms with Crippen LogP contribution in [0.5, 0.6) is 0 Å². The zero-order chi connectivity index (χ0) is 14.4. The molecular formula is C13H23N3O4. The molecule has 0 aromatic heterocycles. The third-order valence-electron chi connectivity index (χ3n) is 3.69. The van der Waals surface area contributed by atoms with Gasteiger partial charge in [0, 0.05) is 19.6 Å². The molecule has 3 N–H and O–H groups in total. The number of nitrogens with zero attached hydrogens (tertiary/aromatic N) is 1. The number of morpholine rings is 1. The van der Waals surface area contributed by atoms with Crippen LogP contribution in [0.2, 0.25) is 0 Å². The van der Waals surface area contributed by atoms with E-state index in [1.807, 2.05) is 0 Å². The van der Waals surface area contributed by atoms with Crippen LogP contribution in [-0.2, 0) is 9.53 Å². The summed E-state index contributed by atoms with van der Waals surface area (Å²) < 4.78 is 5.26. The fraction of sp³-hybridized carbons (Fsp3) is 0.846. The molecule has 1 aliphatic carbocycles. The van der Waals surface area contributed by atoms with Gasteiger partial charge in [-0.25, -0.2) is 9.59 Å². The maximum Gasteiger partial charge on any atom is 0.326 e. The average molecular weight is 285 g/mol. The smallest absolute Gasteiger partial charge is 0.326 e. The lowest BCUT2D eigenvalue weighted by Gasteiger charge is -2.26. The molecule has 0 aromatic carbocycles. The Hall–Kier alpha value is -1.34. The predicted octanol–water partition coefficient (Wildman–Crippen LogP) is -0.129. The maximum absolute atomic E-state index is 11.6. The first-order chi connectivity index (χ1) is 9.66. The van der Waals surface area contributed by atoms with Gasteiger partial charge in [0.15, 0.2) is 0 Å². The highest BCUT2D eigenvalue weighted by molar-refractivity contribution is 5.83. The summed E-state index contributed by atoms with van der Waals surface area (Å²) in [6.45, 7) is 4.91. The van der Waals surface area contributed by atoms with Crippen molar-refractivity contribution in [3.63, 3.8) is 0 Å². The van der Waals surface area contributed by atoms with Crippen molar-refractivity contribution >= 4 is 12.0 Å². The molecule has 20 heavy (non-hydrogen) atoms. The number of hydrogen-bond donors (Lipinski definition) is 3. The van der Waals surface area contributed by atoms with E-state index in [4.69, 9.17) is 9.84 Å². The Morgan fingerprint density at radius 1 is 1.30 bits per heavy atom. The maximum atomic E-state index is 11.6. The van der Waals surface area contributed by atoms with Crippen molar-refractivity contribution in [1.29, 1.82) is 0 Å². The molecule has 0 radical (unpaired) electrons. The van der Waals surface area contributed by atoms with Crippen LogP contribution in [-0.4, -0.2) is 67.4 Å². The van der Waals surface area contributed by atoms with Crippen LogP contribution in [0.15, 0.2) is 0 Å². The van der Waals surface area contributed by atoms with Crippen molar-refractivity contribution < 1.29 is 19.4 Å². The molecule has 2 amide bonds. The average Bonchev–Trinajstić information content (AvgIpc) is 3.26. The fourth-order valence-corrected chi connectivity index (χ4v) is 2.33. The Labute approximate surface area is 118 Å². The van der Waals surface area contributed by atoms with Crippen molar-refractivity contribution in [3.8, 4) is 0 Å². The summed E-state index contributed by atoms with van der Waals surface area (Å²) in [5.74, 6) is -0.845. The third-order valence-corrected chi connectivity index (χ3v) is 3.69. The van der Waals surface area contributed by atoms with Gasteiger partial charge in [-0.05, 0) is 31.7 Å². The summed E-state index contributed by atoms with van der Waals surface area (Å²) in [5, 5.41) is 14.3. The highest BCUT2D eigenvalue weighted by Gasteiger charge is 2.37. The van der Waals surface area contributed by atoms with E-state index in [9.17, 15) is 9.59 Å². The summed E-state index contributed by atoms with van der Waals surface area (Å²) in [5.41, 5.74) is 0. The molecule has 2 aliphatic rings. The molecule has 1 heterocycles. The molecule has 0 aromatic rings. The number of carboxylic acid groups (broad SMARTS) is 1. The summed E-state index contributed by atoms with van der Waals surface area (Å²) >= 11 is 0. The van der Waals surface area contributed by atoms with E-state index in [0.717, 1.165) is 52.1 Å². The van der Waals surface area contributed by atoms with Crippen LogP contribution in [0.25, 0.3) is 0 Å². The van der Waals surface area contributed by atoms with E-state index < -0.39 is 12.0 Å². The van der Waals surface area contributed by atoms with Gasteiger partial charge in [0.25, 0.3) is 0 Å². The number of urea groups is 1. The Kier molecular flexibility index (Phi) is 5.60. The molecule has 7 heteroatoms. The quantitative estimate of drug-likeness (QED) is 0.567. The predicted molar refractivity (Wildman–Crippen MR) is 72.6 cm³/mol. The van der Waals surface area contributed by atoms with Crippen LogP contribution in [0.4, 0.5) is 4.79 Å². The van der Waals surface area contributed by atoms with E-state index in [0.29, 0.717) is 6.54 Å². The fourth-order valence-electron chi connectivity index (χ4n) is 2.33. The highest BCUT2D eigenvalue weighted by atomic mass is 16.5. The molecular weight excluding hydrogens is 262 g/mol. The summed E-state index contributed by atoms with van der Waals surface area (Å²) in [6.07, 6.45) is 2.62. The van der Waals surface area contributed by atoms with Gasteiger partial charge in [-0.1, -0.05) is 0 Å². The Morgan fingerprint density at radius 3 is 2.60 bits per heavy atom. The normalized spacial score (nSPS) is 21.2. The lowest BCUT2D eigenvalue weighted by atomic mass is 10.2. The molecule has 1 saturated heterocycles. The molecule has 1 aliphatic heterocycles. The van der Waals surface area contributed by atoms with Gasteiger partial charge < -0.3 is 20.5 Å². The Bertz CT molecular complexity index is 341. The number of rotatable bonds is 7. The largest absolute Gasteiger partial charge is 0.480 e. The molecule has 2 rings (SSSR count). The third kappa shape index (κ3) is 4.97. The number of carbonyl (C=O) groups excluding carboxylic acids is 1.